The number of aryl methyl sites for hydroxylation is 4. The Morgan fingerprint density at radius 3 is 1.84 bits per heavy atom. The van der Waals surface area contributed by atoms with Crippen LogP contribution in [0.4, 0.5) is 0 Å². The summed E-state index contributed by atoms with van der Waals surface area (Å²) in [5.74, 6) is 3.28. The molecule has 0 aromatic heterocycles. The smallest absolute Gasteiger partial charge is 0.0739 e. The first-order chi connectivity index (χ1) is 21.0. The molecule has 2 bridgehead atoms. The average molecular weight is 632 g/mol. The molecular formula is C41H61OP2+. The summed E-state index contributed by atoms with van der Waals surface area (Å²) in [5, 5.41) is 3.02. The third kappa shape index (κ3) is 6.29. The zero-order valence-electron chi connectivity index (χ0n) is 29.1. The minimum Gasteiger partial charge on any atom is -0.0739 e. The third-order valence-electron chi connectivity index (χ3n) is 13.1. The first kappa shape index (κ1) is 32.9. The Morgan fingerprint density at radius 1 is 0.682 bits per heavy atom. The molecule has 3 heteroatoms. The maximum Gasteiger partial charge on any atom is 0.348 e. The van der Waals surface area contributed by atoms with Gasteiger partial charge in [-0.1, -0.05) is 109 Å². The minimum atomic E-state index is -1.33. The summed E-state index contributed by atoms with van der Waals surface area (Å²) in [6.45, 7) is 16.7. The molecule has 8 unspecified atom stereocenters. The number of hydrogen-bond acceptors (Lipinski definition) is 1. The lowest BCUT2D eigenvalue weighted by atomic mass is 9.67. The van der Waals surface area contributed by atoms with E-state index < -0.39 is 15.7 Å². The third-order valence-corrected chi connectivity index (χ3v) is 18.6. The molecule has 3 saturated carbocycles. The quantitative estimate of drug-likeness (QED) is 0.307. The second-order valence-electron chi connectivity index (χ2n) is 16.6. The summed E-state index contributed by atoms with van der Waals surface area (Å²) in [4.78, 5) is 0. The van der Waals surface area contributed by atoms with Crippen molar-refractivity contribution in [2.45, 2.75) is 155 Å². The number of fused-ring (bicyclic) bond motifs is 8. The van der Waals surface area contributed by atoms with Crippen LogP contribution in [0.25, 0.3) is 0 Å². The normalized spacial score (nSPS) is 34.0. The Hall–Kier alpha value is -1.03. The van der Waals surface area contributed by atoms with E-state index in [9.17, 15) is 0 Å². The van der Waals surface area contributed by atoms with Gasteiger partial charge in [0.15, 0.2) is 10.8 Å². The standard InChI is InChI=1S/C41H61OP2/c1-28-21-29(2)24-36(23-28)43(37-25-30(3)22-31(4)26-37)32(5)41-20-12-19-39(41)44(42)40(6,7)27-34-15-11-18-38(34)33-13-8-9-16-35(41)17-10-14-33/h21-26,32-35,38-39H,8-20,27H2,1-7H3/q+1. The largest absolute Gasteiger partial charge is 0.348 e. The summed E-state index contributed by atoms with van der Waals surface area (Å²) in [6, 6.07) is 14.8. The highest BCUT2D eigenvalue weighted by Gasteiger charge is 2.64. The molecule has 8 atom stereocenters. The topological polar surface area (TPSA) is 17.1 Å². The minimum absolute atomic E-state index is 0.0759. The van der Waals surface area contributed by atoms with Gasteiger partial charge in [-0.05, 0) is 141 Å². The first-order valence-electron chi connectivity index (χ1n) is 18.4. The van der Waals surface area contributed by atoms with Gasteiger partial charge >= 0.3 is 7.80 Å². The zero-order valence-corrected chi connectivity index (χ0v) is 30.9. The van der Waals surface area contributed by atoms with Crippen LogP contribution in [0, 0.1) is 56.8 Å². The van der Waals surface area contributed by atoms with Crippen LogP contribution in [0.5, 0.6) is 0 Å². The molecule has 3 aliphatic carbocycles. The summed E-state index contributed by atoms with van der Waals surface area (Å²) < 4.78 is 15.4. The lowest BCUT2D eigenvalue weighted by Gasteiger charge is -2.48. The fourth-order valence-electron chi connectivity index (χ4n) is 11.5. The van der Waals surface area contributed by atoms with Crippen LogP contribution in [0.3, 0.4) is 0 Å². The SMILES string of the molecule is Cc1cc(C)cc(P(c2cc(C)cc(C)c2)C(C)C23CCCC2[P+](=O)C(C)(C)CC2CCCC2C2CCCCC3CCC2)c1. The molecule has 0 radical (unpaired) electrons. The van der Waals surface area contributed by atoms with E-state index in [4.69, 9.17) is 0 Å². The van der Waals surface area contributed by atoms with E-state index in [0.29, 0.717) is 17.2 Å². The van der Waals surface area contributed by atoms with E-state index in [1.165, 1.54) is 112 Å². The average Bonchev–Trinajstić information content (AvgIpc) is 3.60. The molecule has 2 aromatic rings. The summed E-state index contributed by atoms with van der Waals surface area (Å²) in [6.07, 6.45) is 18.9. The van der Waals surface area contributed by atoms with Crippen molar-refractivity contribution in [3.05, 3.63) is 58.7 Å². The first-order valence-corrected chi connectivity index (χ1v) is 21.2. The summed E-state index contributed by atoms with van der Waals surface area (Å²) in [7, 11) is -1.94. The van der Waals surface area contributed by atoms with Gasteiger partial charge in [-0.3, -0.25) is 0 Å². The molecule has 0 N–H and O–H groups in total. The maximum atomic E-state index is 15.4. The Balaban J connectivity index is 1.52. The molecule has 1 saturated heterocycles. The molecule has 0 spiro atoms. The van der Waals surface area contributed by atoms with Crippen molar-refractivity contribution < 1.29 is 4.57 Å². The van der Waals surface area contributed by atoms with Gasteiger partial charge in [0, 0.05) is 5.41 Å². The predicted octanol–water partition coefficient (Wildman–Crippen LogP) is 11.7. The van der Waals surface area contributed by atoms with Crippen molar-refractivity contribution in [1.29, 1.82) is 0 Å². The predicted molar refractivity (Wildman–Crippen MR) is 194 cm³/mol. The maximum absolute atomic E-state index is 15.4. The lowest BCUT2D eigenvalue weighted by molar-refractivity contribution is 0.137. The fourth-order valence-corrected chi connectivity index (χ4v) is 17.8. The molecule has 6 rings (SSSR count). The van der Waals surface area contributed by atoms with Gasteiger partial charge in [0.05, 0.1) is 0 Å². The monoisotopic (exact) mass is 631 g/mol. The number of benzene rings is 2. The van der Waals surface area contributed by atoms with Crippen molar-refractivity contribution in [1.82, 2.24) is 0 Å². The lowest BCUT2D eigenvalue weighted by Crippen LogP contribution is -2.48. The van der Waals surface area contributed by atoms with E-state index in [1.54, 1.807) is 10.6 Å². The summed E-state index contributed by atoms with van der Waals surface area (Å²) in [5.41, 5.74) is 6.55. The molecule has 44 heavy (non-hydrogen) atoms. The van der Waals surface area contributed by atoms with E-state index in [-0.39, 0.29) is 10.6 Å². The van der Waals surface area contributed by atoms with Gasteiger partial charge in [0.1, 0.15) is 0 Å². The highest BCUT2D eigenvalue weighted by Crippen LogP contribution is 2.68. The van der Waals surface area contributed by atoms with Crippen LogP contribution >= 0.6 is 15.7 Å². The van der Waals surface area contributed by atoms with Gasteiger partial charge in [-0.15, -0.1) is 0 Å². The van der Waals surface area contributed by atoms with Crippen LogP contribution in [-0.2, 0) is 4.57 Å². The van der Waals surface area contributed by atoms with Crippen LogP contribution < -0.4 is 10.6 Å². The number of hydrogen-bond donors (Lipinski definition) is 0. The van der Waals surface area contributed by atoms with Gasteiger partial charge < -0.3 is 0 Å². The van der Waals surface area contributed by atoms with E-state index in [0.717, 1.165) is 17.8 Å². The second-order valence-corrected chi connectivity index (χ2v) is 21.7. The van der Waals surface area contributed by atoms with E-state index in [2.05, 4.69) is 84.9 Å². The summed E-state index contributed by atoms with van der Waals surface area (Å²) >= 11 is 0. The van der Waals surface area contributed by atoms with Crippen molar-refractivity contribution in [3.8, 4) is 0 Å². The molecule has 4 aliphatic rings. The van der Waals surface area contributed by atoms with Crippen molar-refractivity contribution >= 4 is 26.3 Å². The Bertz CT molecular complexity index is 1250. The second kappa shape index (κ2) is 13.2. The van der Waals surface area contributed by atoms with Gasteiger partial charge in [-0.2, -0.15) is 0 Å². The Kier molecular flexibility index (Phi) is 9.89. The molecule has 1 nitrogen and oxygen atoms in total. The van der Waals surface area contributed by atoms with Gasteiger partial charge in [0.2, 0.25) is 0 Å². The molecular weight excluding hydrogens is 570 g/mol. The van der Waals surface area contributed by atoms with Gasteiger partial charge in [-0.25, -0.2) is 0 Å². The van der Waals surface area contributed by atoms with Crippen molar-refractivity contribution in [3.63, 3.8) is 0 Å². The molecule has 240 valence electrons. The van der Waals surface area contributed by atoms with Crippen LogP contribution in [0.2, 0.25) is 0 Å². The van der Waals surface area contributed by atoms with Crippen molar-refractivity contribution in [2.75, 3.05) is 0 Å². The highest BCUT2D eigenvalue weighted by molar-refractivity contribution is 7.73. The molecule has 4 fully saturated rings. The van der Waals surface area contributed by atoms with Gasteiger partial charge in [0.25, 0.3) is 0 Å². The van der Waals surface area contributed by atoms with E-state index >= 15 is 4.57 Å². The zero-order chi connectivity index (χ0) is 31.2. The molecule has 1 heterocycles. The van der Waals surface area contributed by atoms with Crippen molar-refractivity contribution in [2.24, 2.45) is 29.1 Å². The Labute approximate surface area is 272 Å². The van der Waals surface area contributed by atoms with E-state index in [1.807, 2.05) is 0 Å². The highest BCUT2D eigenvalue weighted by atomic mass is 31.1. The van der Waals surface area contributed by atoms with Crippen LogP contribution in [-0.4, -0.2) is 16.5 Å². The molecule has 0 amide bonds. The molecule has 1 aliphatic heterocycles. The van der Waals surface area contributed by atoms with Crippen LogP contribution in [0.1, 0.15) is 133 Å². The molecule has 2 aromatic carbocycles. The number of rotatable bonds is 4. The van der Waals surface area contributed by atoms with Crippen LogP contribution in [0.15, 0.2) is 36.4 Å². The fraction of sp³-hybridized carbons (Fsp3) is 0.707. The Morgan fingerprint density at radius 2 is 1.20 bits per heavy atom.